The van der Waals surface area contributed by atoms with E-state index in [1.807, 2.05) is 78.9 Å². The van der Waals surface area contributed by atoms with E-state index in [0.717, 1.165) is 16.7 Å². The summed E-state index contributed by atoms with van der Waals surface area (Å²) in [5, 5.41) is 9.71. The number of ether oxygens (including phenoxy) is 4. The lowest BCUT2D eigenvalue weighted by Crippen LogP contribution is -2.37. The number of aromatic nitrogens is 2. The largest absolute Gasteiger partial charge is 0.497 e. The van der Waals surface area contributed by atoms with E-state index in [0.29, 0.717) is 17.1 Å². The molecule has 0 unspecified atom stereocenters. The van der Waals surface area contributed by atoms with E-state index in [4.69, 9.17) is 18.9 Å². The van der Waals surface area contributed by atoms with Crippen LogP contribution in [0.5, 0.6) is 11.5 Å². The fourth-order valence-corrected chi connectivity index (χ4v) is 5.65. The molecule has 1 fully saturated rings. The van der Waals surface area contributed by atoms with E-state index in [-0.39, 0.29) is 19.4 Å². The number of rotatable bonds is 11. The third-order valence-corrected chi connectivity index (χ3v) is 7.89. The minimum atomic E-state index is -1.12. The predicted octanol–water partition coefficient (Wildman–Crippen LogP) is 4.25. The van der Waals surface area contributed by atoms with E-state index >= 15 is 0 Å². The van der Waals surface area contributed by atoms with Gasteiger partial charge in [-0.2, -0.15) is 0 Å². The van der Waals surface area contributed by atoms with Crippen molar-refractivity contribution in [2.24, 2.45) is 5.92 Å². The predicted molar refractivity (Wildman–Crippen MR) is 159 cm³/mol. The summed E-state index contributed by atoms with van der Waals surface area (Å²) >= 11 is 0. The summed E-state index contributed by atoms with van der Waals surface area (Å²) in [6, 6.07) is 24.9. The number of hydrogen-bond acceptors (Lipinski definition) is 7. The number of aliphatic carboxylic acids is 1. The molecule has 0 spiro atoms. The van der Waals surface area contributed by atoms with Crippen LogP contribution in [0.3, 0.4) is 0 Å². The standard InChI is InChI=1S/C33H34N2O8/c1-21-19-35(32(39)34-31(21)38)29-17-22(18-30(36)37)28(43-29)20-42-33(23-7-5-4-6-8-23,24-9-13-26(40-2)14-10-24)25-11-15-27(41-3)16-12-25/h4-16,19,22,28-29H,17-18,20H2,1-3H3,(H,36,37)(H,34,38,39)/t22-,28-,29-/m1/s1. The van der Waals surface area contributed by atoms with E-state index < -0.39 is 41.1 Å². The van der Waals surface area contributed by atoms with Gasteiger partial charge in [0.05, 0.1) is 33.4 Å². The van der Waals surface area contributed by atoms with Gasteiger partial charge in [0.25, 0.3) is 5.56 Å². The van der Waals surface area contributed by atoms with Crippen LogP contribution in [-0.4, -0.2) is 47.6 Å². The second-order valence-electron chi connectivity index (χ2n) is 10.5. The van der Waals surface area contributed by atoms with Gasteiger partial charge >= 0.3 is 11.7 Å². The van der Waals surface area contributed by atoms with Crippen molar-refractivity contribution in [3.8, 4) is 11.5 Å². The van der Waals surface area contributed by atoms with Crippen LogP contribution < -0.4 is 20.7 Å². The molecule has 3 aromatic carbocycles. The van der Waals surface area contributed by atoms with Gasteiger partial charge in [0, 0.05) is 17.7 Å². The highest BCUT2D eigenvalue weighted by molar-refractivity contribution is 5.67. The van der Waals surface area contributed by atoms with Crippen LogP contribution in [0.25, 0.3) is 0 Å². The molecular weight excluding hydrogens is 552 g/mol. The molecule has 0 saturated carbocycles. The zero-order valence-corrected chi connectivity index (χ0v) is 24.2. The number of carbonyl (C=O) groups is 1. The molecule has 0 radical (unpaired) electrons. The van der Waals surface area contributed by atoms with Crippen LogP contribution in [0, 0.1) is 12.8 Å². The Balaban J connectivity index is 1.58. The number of carboxylic acid groups (broad SMARTS) is 1. The fraction of sp³-hybridized carbons (Fsp3) is 0.303. The lowest BCUT2D eigenvalue weighted by molar-refractivity contribution is -0.139. The van der Waals surface area contributed by atoms with Gasteiger partial charge in [-0.05, 0) is 54.3 Å². The Labute approximate surface area is 248 Å². The third kappa shape index (κ3) is 6.11. The van der Waals surface area contributed by atoms with Gasteiger partial charge < -0.3 is 24.1 Å². The summed E-state index contributed by atoms with van der Waals surface area (Å²) in [4.78, 5) is 38.8. The van der Waals surface area contributed by atoms with Gasteiger partial charge in [-0.15, -0.1) is 0 Å². The lowest BCUT2D eigenvalue weighted by atomic mass is 9.80. The molecule has 5 rings (SSSR count). The first kappa shape index (κ1) is 29.8. The quantitative estimate of drug-likeness (QED) is 0.250. The summed E-state index contributed by atoms with van der Waals surface area (Å²) in [6.07, 6.45) is 0.0876. The summed E-state index contributed by atoms with van der Waals surface area (Å²) in [5.41, 5.74) is 0.615. The van der Waals surface area contributed by atoms with Gasteiger partial charge in [0.1, 0.15) is 23.3 Å². The maximum absolute atomic E-state index is 12.7. The van der Waals surface area contributed by atoms with Gasteiger partial charge in [0.15, 0.2) is 0 Å². The smallest absolute Gasteiger partial charge is 0.330 e. The van der Waals surface area contributed by atoms with Crippen LogP contribution in [0.15, 0.2) is 94.6 Å². The average Bonchev–Trinajstić information content (AvgIpc) is 3.41. The Bertz CT molecular complexity index is 1620. The van der Waals surface area contributed by atoms with Gasteiger partial charge in [0.2, 0.25) is 0 Å². The Morgan fingerprint density at radius 3 is 2.02 bits per heavy atom. The Kier molecular flexibility index (Phi) is 8.79. The fourth-order valence-electron chi connectivity index (χ4n) is 5.65. The SMILES string of the molecule is COc1ccc(C(OC[C@H]2O[C@@H](n3cc(C)c(=O)[nH]c3=O)C[C@@H]2CC(=O)O)(c2ccccc2)c2ccc(OC)cc2)cc1. The number of carboxylic acids is 1. The maximum atomic E-state index is 12.7. The van der Waals surface area contributed by atoms with E-state index in [1.165, 1.54) is 10.8 Å². The first-order valence-electron chi connectivity index (χ1n) is 13.9. The first-order chi connectivity index (χ1) is 20.7. The van der Waals surface area contributed by atoms with Crippen molar-refractivity contribution in [1.82, 2.24) is 9.55 Å². The second-order valence-corrected chi connectivity index (χ2v) is 10.5. The van der Waals surface area contributed by atoms with Gasteiger partial charge in [-0.1, -0.05) is 54.6 Å². The van der Waals surface area contributed by atoms with Crippen LogP contribution in [0.1, 0.15) is 41.3 Å². The van der Waals surface area contributed by atoms with E-state index in [9.17, 15) is 19.5 Å². The highest BCUT2D eigenvalue weighted by atomic mass is 16.6. The van der Waals surface area contributed by atoms with Crippen LogP contribution in [0.2, 0.25) is 0 Å². The molecule has 10 heteroatoms. The number of benzene rings is 3. The van der Waals surface area contributed by atoms with Crippen molar-refractivity contribution in [1.29, 1.82) is 0 Å². The molecule has 224 valence electrons. The number of methoxy groups -OCH3 is 2. The molecule has 4 aromatic rings. The molecule has 0 amide bonds. The highest BCUT2D eigenvalue weighted by Crippen LogP contribution is 2.43. The molecule has 3 atom stereocenters. The summed E-state index contributed by atoms with van der Waals surface area (Å²) in [6.45, 7) is 1.61. The van der Waals surface area contributed by atoms with Crippen molar-refractivity contribution >= 4 is 5.97 Å². The Hall–Kier alpha value is -4.67. The monoisotopic (exact) mass is 586 g/mol. The Morgan fingerprint density at radius 1 is 0.930 bits per heavy atom. The number of nitrogens with zero attached hydrogens (tertiary/aromatic N) is 1. The van der Waals surface area contributed by atoms with Crippen LogP contribution in [-0.2, 0) is 19.9 Å². The minimum absolute atomic E-state index is 0.0124. The molecule has 2 N–H and O–H groups in total. The zero-order valence-electron chi connectivity index (χ0n) is 24.2. The lowest BCUT2D eigenvalue weighted by Gasteiger charge is -2.37. The first-order valence-corrected chi connectivity index (χ1v) is 13.9. The topological polar surface area (TPSA) is 129 Å². The molecule has 2 heterocycles. The zero-order chi connectivity index (χ0) is 30.6. The van der Waals surface area contributed by atoms with Crippen molar-refractivity contribution < 1.29 is 28.8 Å². The highest BCUT2D eigenvalue weighted by Gasteiger charge is 2.43. The number of aromatic amines is 1. The summed E-state index contributed by atoms with van der Waals surface area (Å²) in [7, 11) is 3.20. The number of nitrogens with one attached hydrogen (secondary N) is 1. The summed E-state index contributed by atoms with van der Waals surface area (Å²) in [5.74, 6) is -0.0677. The normalized spacial score (nSPS) is 18.3. The number of H-pyrrole nitrogens is 1. The number of hydrogen-bond donors (Lipinski definition) is 2. The molecule has 1 aromatic heterocycles. The van der Waals surface area contributed by atoms with Crippen LogP contribution >= 0.6 is 0 Å². The van der Waals surface area contributed by atoms with Crippen molar-refractivity contribution in [3.05, 3.63) is 128 Å². The summed E-state index contributed by atoms with van der Waals surface area (Å²) < 4.78 is 25.4. The molecule has 1 aliphatic rings. The minimum Gasteiger partial charge on any atom is -0.497 e. The van der Waals surface area contributed by atoms with E-state index in [1.54, 1.807) is 21.1 Å². The maximum Gasteiger partial charge on any atom is 0.330 e. The Morgan fingerprint density at radius 2 is 1.49 bits per heavy atom. The van der Waals surface area contributed by atoms with Crippen molar-refractivity contribution in [3.63, 3.8) is 0 Å². The number of aryl methyl sites for hydroxylation is 1. The molecular formula is C33H34N2O8. The van der Waals surface area contributed by atoms with Gasteiger partial charge in [-0.3, -0.25) is 19.1 Å². The molecule has 1 saturated heterocycles. The second kappa shape index (κ2) is 12.7. The van der Waals surface area contributed by atoms with E-state index in [2.05, 4.69) is 4.98 Å². The molecule has 10 nitrogen and oxygen atoms in total. The van der Waals surface area contributed by atoms with Crippen molar-refractivity contribution in [2.45, 2.75) is 37.7 Å². The van der Waals surface area contributed by atoms with Gasteiger partial charge in [-0.25, -0.2) is 4.79 Å². The van der Waals surface area contributed by atoms with Crippen molar-refractivity contribution in [2.75, 3.05) is 20.8 Å². The molecule has 1 aliphatic heterocycles. The molecule has 43 heavy (non-hydrogen) atoms. The third-order valence-electron chi connectivity index (χ3n) is 7.89. The van der Waals surface area contributed by atoms with Crippen LogP contribution in [0.4, 0.5) is 0 Å². The molecule has 0 aliphatic carbocycles. The molecule has 0 bridgehead atoms. The average molecular weight is 587 g/mol.